The van der Waals surface area contributed by atoms with Gasteiger partial charge in [-0.15, -0.1) is 0 Å². The van der Waals surface area contributed by atoms with Crippen LogP contribution in [0.5, 0.6) is 0 Å². The summed E-state index contributed by atoms with van der Waals surface area (Å²) in [6.45, 7) is 3.51. The summed E-state index contributed by atoms with van der Waals surface area (Å²) in [5.74, 6) is -1.44. The van der Waals surface area contributed by atoms with Gasteiger partial charge in [0, 0.05) is 12.1 Å². The predicted octanol–water partition coefficient (Wildman–Crippen LogP) is 2.25. The summed E-state index contributed by atoms with van der Waals surface area (Å²) in [5.41, 5.74) is -0.0336. The summed E-state index contributed by atoms with van der Waals surface area (Å²) < 4.78 is 10.3. The molecule has 0 unspecified atom stereocenters. The van der Waals surface area contributed by atoms with Crippen molar-refractivity contribution in [3.05, 3.63) is 46.3 Å². The number of esters is 1. The van der Waals surface area contributed by atoms with Crippen molar-refractivity contribution in [1.29, 1.82) is 0 Å². The lowest BCUT2D eigenvalue weighted by Gasteiger charge is -2.14. The van der Waals surface area contributed by atoms with Crippen LogP contribution in [0.4, 0.5) is 0 Å². The van der Waals surface area contributed by atoms with Crippen LogP contribution in [0.3, 0.4) is 0 Å². The molecule has 0 aliphatic rings. The molecule has 0 radical (unpaired) electrons. The molecular formula is C17H19NO5. The Morgan fingerprint density at radius 1 is 1.22 bits per heavy atom. The molecular weight excluding hydrogens is 298 g/mol. The summed E-state index contributed by atoms with van der Waals surface area (Å²) in [4.78, 5) is 35.6. The molecule has 122 valence electrons. The van der Waals surface area contributed by atoms with E-state index < -0.39 is 12.6 Å². The Balaban J connectivity index is 2.04. The summed E-state index contributed by atoms with van der Waals surface area (Å²) in [6, 6.07) is 7.74. The summed E-state index contributed by atoms with van der Waals surface area (Å²) >= 11 is 0. The third kappa shape index (κ3) is 4.18. The lowest BCUT2D eigenvalue weighted by molar-refractivity contribution is -0.125. The fraction of sp³-hybridized carbons (Fsp3) is 0.353. The van der Waals surface area contributed by atoms with Crippen molar-refractivity contribution in [2.24, 2.45) is 0 Å². The van der Waals surface area contributed by atoms with E-state index in [1.807, 2.05) is 13.8 Å². The first-order valence-corrected chi connectivity index (χ1v) is 7.54. The smallest absolute Gasteiger partial charge is 0.374 e. The third-order valence-corrected chi connectivity index (χ3v) is 3.52. The van der Waals surface area contributed by atoms with Crippen LogP contribution in [-0.4, -0.2) is 24.5 Å². The highest BCUT2D eigenvalue weighted by Crippen LogP contribution is 2.12. The fourth-order valence-corrected chi connectivity index (χ4v) is 2.17. The van der Waals surface area contributed by atoms with Crippen LogP contribution in [0.15, 0.2) is 39.5 Å². The maximum atomic E-state index is 11.9. The molecule has 0 aliphatic carbocycles. The standard InChI is InChI=1S/C17H19NO5/c1-3-11(4-2)18-16(20)10-22-17(21)15-9-13(19)12-7-5-6-8-14(12)23-15/h5-9,11H,3-4,10H2,1-2H3,(H,18,20). The van der Waals surface area contributed by atoms with Crippen molar-refractivity contribution >= 4 is 22.8 Å². The SMILES string of the molecule is CCC(CC)NC(=O)COC(=O)c1cc(=O)c2ccccc2o1. The lowest BCUT2D eigenvalue weighted by atomic mass is 10.2. The van der Waals surface area contributed by atoms with Crippen LogP contribution >= 0.6 is 0 Å². The lowest BCUT2D eigenvalue weighted by Crippen LogP contribution is -2.36. The molecule has 0 saturated carbocycles. The van der Waals surface area contributed by atoms with Crippen molar-refractivity contribution < 1.29 is 18.7 Å². The summed E-state index contributed by atoms with van der Waals surface area (Å²) in [5, 5.41) is 3.14. The monoisotopic (exact) mass is 317 g/mol. The second-order valence-electron chi connectivity index (χ2n) is 5.13. The highest BCUT2D eigenvalue weighted by atomic mass is 16.5. The Kier molecular flexibility index (Phi) is 5.51. The van der Waals surface area contributed by atoms with Gasteiger partial charge in [-0.25, -0.2) is 4.79 Å². The molecule has 2 rings (SSSR count). The Morgan fingerprint density at radius 2 is 1.91 bits per heavy atom. The van der Waals surface area contributed by atoms with Crippen LogP contribution in [0.2, 0.25) is 0 Å². The average molecular weight is 317 g/mol. The number of amides is 1. The van der Waals surface area contributed by atoms with E-state index >= 15 is 0 Å². The number of carbonyl (C=O) groups excluding carboxylic acids is 2. The van der Waals surface area contributed by atoms with Crippen LogP contribution in [0.1, 0.15) is 37.2 Å². The molecule has 1 heterocycles. The topological polar surface area (TPSA) is 85.6 Å². The first-order chi connectivity index (χ1) is 11.0. The van der Waals surface area contributed by atoms with Gasteiger partial charge in [-0.2, -0.15) is 0 Å². The van der Waals surface area contributed by atoms with Gasteiger partial charge in [0.15, 0.2) is 12.0 Å². The molecule has 0 atom stereocenters. The van der Waals surface area contributed by atoms with E-state index in [-0.39, 0.29) is 23.1 Å². The molecule has 0 aliphatic heterocycles. The zero-order valence-electron chi connectivity index (χ0n) is 13.1. The first kappa shape index (κ1) is 16.7. The van der Waals surface area contributed by atoms with E-state index in [0.29, 0.717) is 11.0 Å². The van der Waals surface area contributed by atoms with Crippen LogP contribution in [0, 0.1) is 0 Å². The molecule has 1 N–H and O–H groups in total. The maximum absolute atomic E-state index is 11.9. The molecule has 0 fully saturated rings. The molecule has 0 saturated heterocycles. The highest BCUT2D eigenvalue weighted by Gasteiger charge is 2.16. The molecule has 0 bridgehead atoms. The predicted molar refractivity (Wildman–Crippen MR) is 85.3 cm³/mol. The van der Waals surface area contributed by atoms with Crippen molar-refractivity contribution in [2.45, 2.75) is 32.7 Å². The quantitative estimate of drug-likeness (QED) is 0.826. The molecule has 6 nitrogen and oxygen atoms in total. The Bertz CT molecular complexity index is 761. The molecule has 2 aromatic rings. The third-order valence-electron chi connectivity index (χ3n) is 3.52. The van der Waals surface area contributed by atoms with Gasteiger partial charge in [-0.1, -0.05) is 26.0 Å². The molecule has 1 amide bonds. The van der Waals surface area contributed by atoms with E-state index in [9.17, 15) is 14.4 Å². The summed E-state index contributed by atoms with van der Waals surface area (Å²) in [6.07, 6.45) is 1.60. The number of carbonyl (C=O) groups is 2. The van der Waals surface area contributed by atoms with Crippen molar-refractivity contribution in [1.82, 2.24) is 5.32 Å². The fourth-order valence-electron chi connectivity index (χ4n) is 2.17. The number of ether oxygens (including phenoxy) is 1. The van der Waals surface area contributed by atoms with Gasteiger partial charge in [-0.05, 0) is 25.0 Å². The molecule has 1 aromatic heterocycles. The highest BCUT2D eigenvalue weighted by molar-refractivity contribution is 5.90. The largest absolute Gasteiger partial charge is 0.450 e. The minimum atomic E-state index is -0.840. The van der Waals surface area contributed by atoms with E-state index in [1.165, 1.54) is 0 Å². The minimum Gasteiger partial charge on any atom is -0.450 e. The van der Waals surface area contributed by atoms with Gasteiger partial charge in [0.1, 0.15) is 5.58 Å². The van der Waals surface area contributed by atoms with E-state index in [0.717, 1.165) is 18.9 Å². The van der Waals surface area contributed by atoms with Crippen LogP contribution in [-0.2, 0) is 9.53 Å². The Morgan fingerprint density at radius 3 is 2.61 bits per heavy atom. The maximum Gasteiger partial charge on any atom is 0.374 e. The average Bonchev–Trinajstić information content (AvgIpc) is 2.57. The second kappa shape index (κ2) is 7.58. The van der Waals surface area contributed by atoms with E-state index in [4.69, 9.17) is 9.15 Å². The summed E-state index contributed by atoms with van der Waals surface area (Å²) in [7, 11) is 0. The number of benzene rings is 1. The van der Waals surface area contributed by atoms with Gasteiger partial charge < -0.3 is 14.5 Å². The molecule has 0 spiro atoms. The van der Waals surface area contributed by atoms with Gasteiger partial charge in [0.05, 0.1) is 5.39 Å². The number of nitrogens with one attached hydrogen (secondary N) is 1. The minimum absolute atomic E-state index is 0.0554. The van der Waals surface area contributed by atoms with Gasteiger partial charge in [0.25, 0.3) is 5.91 Å². The second-order valence-corrected chi connectivity index (χ2v) is 5.13. The van der Waals surface area contributed by atoms with Gasteiger partial charge >= 0.3 is 5.97 Å². The molecule has 6 heteroatoms. The number of hydrogen-bond donors (Lipinski definition) is 1. The van der Waals surface area contributed by atoms with Gasteiger partial charge in [0.2, 0.25) is 5.76 Å². The zero-order valence-corrected chi connectivity index (χ0v) is 13.1. The van der Waals surface area contributed by atoms with Crippen molar-refractivity contribution in [3.8, 4) is 0 Å². The van der Waals surface area contributed by atoms with Crippen LogP contribution < -0.4 is 10.7 Å². The normalized spacial score (nSPS) is 10.7. The number of hydrogen-bond acceptors (Lipinski definition) is 5. The molecule has 1 aromatic carbocycles. The Hall–Kier alpha value is -2.63. The van der Waals surface area contributed by atoms with E-state index in [1.54, 1.807) is 24.3 Å². The first-order valence-electron chi connectivity index (χ1n) is 7.54. The number of fused-ring (bicyclic) bond motifs is 1. The number of para-hydroxylation sites is 1. The Labute approximate surface area is 133 Å². The van der Waals surface area contributed by atoms with Gasteiger partial charge in [-0.3, -0.25) is 9.59 Å². The zero-order chi connectivity index (χ0) is 16.8. The van der Waals surface area contributed by atoms with Crippen LogP contribution in [0.25, 0.3) is 11.0 Å². The van der Waals surface area contributed by atoms with Crippen molar-refractivity contribution in [2.75, 3.05) is 6.61 Å². The number of rotatable bonds is 6. The van der Waals surface area contributed by atoms with E-state index in [2.05, 4.69) is 5.32 Å². The van der Waals surface area contributed by atoms with Crippen molar-refractivity contribution in [3.63, 3.8) is 0 Å². The molecule has 23 heavy (non-hydrogen) atoms.